The molecule has 0 saturated carbocycles. The largest absolute Gasteiger partial charge is 0.314 e. The highest BCUT2D eigenvalue weighted by molar-refractivity contribution is 9.11. The summed E-state index contributed by atoms with van der Waals surface area (Å²) in [6.45, 7) is 3.16. The van der Waals surface area contributed by atoms with Crippen LogP contribution in [0.2, 0.25) is 0 Å². The number of aromatic nitrogens is 2. The Morgan fingerprint density at radius 3 is 3.14 bits per heavy atom. The highest BCUT2D eigenvalue weighted by atomic mass is 79.9. The van der Waals surface area contributed by atoms with Crippen LogP contribution in [0.4, 0.5) is 0 Å². The minimum atomic E-state index is -0.168. The van der Waals surface area contributed by atoms with Crippen LogP contribution < -0.4 is 10.9 Å². The van der Waals surface area contributed by atoms with Crippen LogP contribution in [0.25, 0.3) is 0 Å². The average molecular weight is 361 g/mol. The molecule has 1 fully saturated rings. The van der Waals surface area contributed by atoms with E-state index in [1.54, 1.807) is 6.07 Å². The fourth-order valence-electron chi connectivity index (χ4n) is 3.53. The number of fused-ring (bicyclic) bond motifs is 3. The summed E-state index contributed by atoms with van der Waals surface area (Å²) in [7, 11) is 0. The van der Waals surface area contributed by atoms with E-state index in [4.69, 9.17) is 5.10 Å². The molecule has 3 unspecified atom stereocenters. The lowest BCUT2D eigenvalue weighted by atomic mass is 9.90. The Kier molecular flexibility index (Phi) is 3.38. The fourth-order valence-corrected chi connectivity index (χ4v) is 4.13. The highest BCUT2D eigenvalue weighted by Crippen LogP contribution is 2.38. The van der Waals surface area contributed by atoms with Crippen LogP contribution in [-0.2, 0) is 0 Å². The Bertz CT molecular complexity index is 777. The monoisotopic (exact) mass is 360 g/mol. The summed E-state index contributed by atoms with van der Waals surface area (Å²) < 4.78 is 2.90. The van der Waals surface area contributed by atoms with Crippen molar-refractivity contribution in [2.24, 2.45) is 5.10 Å². The molecule has 3 atom stereocenters. The molecule has 1 aromatic rings. The molecule has 6 heteroatoms. The quantitative estimate of drug-likeness (QED) is 0.835. The third-order valence-electron chi connectivity index (χ3n) is 4.57. The van der Waals surface area contributed by atoms with Crippen molar-refractivity contribution in [3.63, 3.8) is 0 Å². The molecule has 1 N–H and O–H groups in total. The first-order chi connectivity index (χ1) is 10.6. The van der Waals surface area contributed by atoms with Gasteiger partial charge in [0.25, 0.3) is 5.56 Å². The van der Waals surface area contributed by atoms with Crippen molar-refractivity contribution in [3.8, 4) is 0 Å². The molecule has 114 valence electrons. The lowest BCUT2D eigenvalue weighted by Gasteiger charge is -2.29. The zero-order valence-electron chi connectivity index (χ0n) is 12.3. The van der Waals surface area contributed by atoms with E-state index in [9.17, 15) is 4.79 Å². The van der Waals surface area contributed by atoms with Gasteiger partial charge in [-0.15, -0.1) is 0 Å². The number of rotatable bonds is 1. The number of hydrogen-bond donors (Lipinski definition) is 1. The number of nitrogens with one attached hydrogen (secondary N) is 1. The maximum absolute atomic E-state index is 12.1. The summed E-state index contributed by atoms with van der Waals surface area (Å²) in [5.41, 5.74) is 1.77. The van der Waals surface area contributed by atoms with E-state index in [-0.39, 0.29) is 11.5 Å². The third kappa shape index (κ3) is 2.21. The van der Waals surface area contributed by atoms with Gasteiger partial charge in [0.1, 0.15) is 5.82 Å². The zero-order chi connectivity index (χ0) is 15.3. The molecular formula is C16H17BrN4O. The van der Waals surface area contributed by atoms with Crippen LogP contribution >= 0.6 is 15.9 Å². The van der Waals surface area contributed by atoms with E-state index in [1.165, 1.54) is 0 Å². The number of hydrogen-bond acceptors (Lipinski definition) is 4. The van der Waals surface area contributed by atoms with Crippen molar-refractivity contribution in [2.75, 3.05) is 6.54 Å². The van der Waals surface area contributed by atoms with Gasteiger partial charge in [0.2, 0.25) is 0 Å². The molecule has 0 bridgehead atoms. The highest BCUT2D eigenvalue weighted by Gasteiger charge is 2.34. The van der Waals surface area contributed by atoms with Gasteiger partial charge in [-0.3, -0.25) is 4.79 Å². The van der Waals surface area contributed by atoms with Crippen LogP contribution in [0.3, 0.4) is 0 Å². The van der Waals surface area contributed by atoms with Gasteiger partial charge in [0, 0.05) is 22.5 Å². The van der Waals surface area contributed by atoms with Crippen LogP contribution in [0, 0.1) is 0 Å². The first kappa shape index (κ1) is 14.1. The molecule has 3 aliphatic rings. The topological polar surface area (TPSA) is 59.3 Å². The van der Waals surface area contributed by atoms with Gasteiger partial charge < -0.3 is 5.32 Å². The van der Waals surface area contributed by atoms with Crippen molar-refractivity contribution < 1.29 is 0 Å². The zero-order valence-corrected chi connectivity index (χ0v) is 13.9. The van der Waals surface area contributed by atoms with Gasteiger partial charge in [-0.25, -0.2) is 4.68 Å². The van der Waals surface area contributed by atoms with Crippen LogP contribution in [-0.4, -0.2) is 28.0 Å². The molecular weight excluding hydrogens is 344 g/mol. The lowest BCUT2D eigenvalue weighted by molar-refractivity contribution is 0.369. The summed E-state index contributed by atoms with van der Waals surface area (Å²) >= 11 is 3.58. The molecule has 1 saturated heterocycles. The van der Waals surface area contributed by atoms with E-state index in [0.717, 1.165) is 41.1 Å². The fraction of sp³-hybridized carbons (Fsp3) is 0.438. The molecule has 0 aromatic carbocycles. The first-order valence-electron chi connectivity index (χ1n) is 7.63. The maximum atomic E-state index is 12.1. The van der Waals surface area contributed by atoms with Crippen molar-refractivity contribution in [1.82, 2.24) is 15.0 Å². The third-order valence-corrected chi connectivity index (χ3v) is 5.29. The molecule has 22 heavy (non-hydrogen) atoms. The van der Waals surface area contributed by atoms with Crippen molar-refractivity contribution in [3.05, 3.63) is 50.6 Å². The minimum absolute atomic E-state index is 0.0446. The molecule has 3 heterocycles. The van der Waals surface area contributed by atoms with Gasteiger partial charge in [-0.05, 0) is 32.4 Å². The Labute approximate surface area is 137 Å². The van der Waals surface area contributed by atoms with Crippen molar-refractivity contribution >= 4 is 21.6 Å². The van der Waals surface area contributed by atoms with E-state index >= 15 is 0 Å². The van der Waals surface area contributed by atoms with Gasteiger partial charge in [0.15, 0.2) is 0 Å². The Morgan fingerprint density at radius 2 is 2.32 bits per heavy atom. The summed E-state index contributed by atoms with van der Waals surface area (Å²) in [4.78, 5) is 16.3. The number of allylic oxidation sites excluding steroid dienone is 4. The predicted molar refractivity (Wildman–Crippen MR) is 89.7 cm³/mol. The summed E-state index contributed by atoms with van der Waals surface area (Å²) in [5, 5.41) is 8.17. The molecule has 0 amide bonds. The molecule has 0 radical (unpaired) electrons. The average Bonchev–Trinajstić information content (AvgIpc) is 2.86. The summed E-state index contributed by atoms with van der Waals surface area (Å²) in [5.74, 6) is 1.04. The van der Waals surface area contributed by atoms with Crippen molar-refractivity contribution in [1.29, 1.82) is 0 Å². The van der Waals surface area contributed by atoms with Gasteiger partial charge in [-0.1, -0.05) is 28.1 Å². The van der Waals surface area contributed by atoms with E-state index in [0.29, 0.717) is 12.0 Å². The predicted octanol–water partition coefficient (Wildman–Crippen LogP) is 2.25. The van der Waals surface area contributed by atoms with Crippen LogP contribution in [0.1, 0.15) is 43.1 Å². The Balaban J connectivity index is 1.84. The Hall–Kier alpha value is -1.53. The first-order valence-corrected chi connectivity index (χ1v) is 8.42. The van der Waals surface area contributed by atoms with Crippen LogP contribution in [0.5, 0.6) is 0 Å². The summed E-state index contributed by atoms with van der Waals surface area (Å²) in [6, 6.07) is 2.12. The molecule has 1 aromatic heterocycles. The van der Waals surface area contributed by atoms with E-state index < -0.39 is 0 Å². The standard InChI is InChI=1S/C16H17BrN4O/c1-9-7-10(5-6-18-9)13-8-14(22)19-16-15-11(17)3-2-4-12(15)20-21(13)16/h2-4,8-10,15,18H,5-7H2,1H3. The second-order valence-corrected chi connectivity index (χ2v) is 7.05. The molecule has 1 aliphatic carbocycles. The van der Waals surface area contributed by atoms with Gasteiger partial charge in [0.05, 0.1) is 17.3 Å². The number of piperidine rings is 1. The van der Waals surface area contributed by atoms with E-state index in [2.05, 4.69) is 33.2 Å². The minimum Gasteiger partial charge on any atom is -0.314 e. The lowest BCUT2D eigenvalue weighted by Crippen LogP contribution is -2.36. The SMILES string of the molecule is CC1CC(c2cc(=O)nc3n2N=C2C=CC=C(Br)C23)CCN1. The van der Waals surface area contributed by atoms with Crippen LogP contribution in [0.15, 0.2) is 38.7 Å². The van der Waals surface area contributed by atoms with Gasteiger partial charge >= 0.3 is 0 Å². The second-order valence-electron chi connectivity index (χ2n) is 6.13. The smallest absolute Gasteiger partial charge is 0.273 e. The van der Waals surface area contributed by atoms with Gasteiger partial charge in [-0.2, -0.15) is 10.1 Å². The molecule has 5 nitrogen and oxygen atoms in total. The molecule has 2 aliphatic heterocycles. The maximum Gasteiger partial charge on any atom is 0.273 e. The Morgan fingerprint density at radius 1 is 1.45 bits per heavy atom. The molecule has 0 spiro atoms. The molecule has 4 rings (SSSR count). The van der Waals surface area contributed by atoms with Crippen molar-refractivity contribution in [2.45, 2.75) is 37.6 Å². The van der Waals surface area contributed by atoms with E-state index in [1.807, 2.05) is 22.9 Å². The summed E-state index contributed by atoms with van der Waals surface area (Å²) in [6.07, 6.45) is 7.99. The second kappa shape index (κ2) is 5.28. The normalized spacial score (nSPS) is 29.6. The number of halogens is 1. The number of nitrogens with zero attached hydrogens (tertiary/aromatic N) is 3.